The van der Waals surface area contributed by atoms with Gasteiger partial charge in [0.1, 0.15) is 0 Å². The van der Waals surface area contributed by atoms with Gasteiger partial charge in [-0.2, -0.15) is 5.10 Å². The Labute approximate surface area is 135 Å². The standard InChI is InChI=1S/C17H24BrN3/c1-5-8-21-17(15(18)11-20-21)16(19-4)10-14-9-12(2)6-7-13(14)3/h6-7,9,11,16,19H,5,8,10H2,1-4H3. The van der Waals surface area contributed by atoms with Crippen LogP contribution in [0.25, 0.3) is 0 Å². The lowest BCUT2D eigenvalue weighted by atomic mass is 9.97. The van der Waals surface area contributed by atoms with E-state index >= 15 is 0 Å². The van der Waals surface area contributed by atoms with E-state index in [2.05, 4.69) is 70.0 Å². The summed E-state index contributed by atoms with van der Waals surface area (Å²) in [6, 6.07) is 6.92. The molecule has 1 aromatic heterocycles. The molecule has 0 aliphatic carbocycles. The van der Waals surface area contributed by atoms with Gasteiger partial charge in [0.15, 0.2) is 0 Å². The second-order valence-electron chi connectivity index (χ2n) is 5.58. The summed E-state index contributed by atoms with van der Waals surface area (Å²) in [7, 11) is 2.02. The monoisotopic (exact) mass is 349 g/mol. The molecule has 0 amide bonds. The molecule has 0 bridgehead atoms. The number of rotatable bonds is 6. The Bertz CT molecular complexity index is 604. The summed E-state index contributed by atoms with van der Waals surface area (Å²) in [5.74, 6) is 0. The molecular weight excluding hydrogens is 326 g/mol. The molecule has 114 valence electrons. The van der Waals surface area contributed by atoms with E-state index in [9.17, 15) is 0 Å². The van der Waals surface area contributed by atoms with Crippen LogP contribution >= 0.6 is 15.9 Å². The van der Waals surface area contributed by atoms with Crippen molar-refractivity contribution in [2.45, 2.75) is 46.2 Å². The normalized spacial score (nSPS) is 12.6. The van der Waals surface area contributed by atoms with Gasteiger partial charge in [-0.15, -0.1) is 0 Å². The molecule has 0 radical (unpaired) electrons. The van der Waals surface area contributed by atoms with Crippen LogP contribution in [0.3, 0.4) is 0 Å². The average Bonchev–Trinajstić information content (AvgIpc) is 2.81. The zero-order valence-electron chi connectivity index (χ0n) is 13.3. The zero-order chi connectivity index (χ0) is 15.4. The van der Waals surface area contributed by atoms with Crippen LogP contribution in [0.4, 0.5) is 0 Å². The quantitative estimate of drug-likeness (QED) is 0.847. The van der Waals surface area contributed by atoms with Crippen LogP contribution in [-0.2, 0) is 13.0 Å². The van der Waals surface area contributed by atoms with Gasteiger partial charge in [-0.3, -0.25) is 4.68 Å². The van der Waals surface area contributed by atoms with E-state index < -0.39 is 0 Å². The SMILES string of the molecule is CCCn1ncc(Br)c1C(Cc1cc(C)ccc1C)NC. The molecule has 1 N–H and O–H groups in total. The van der Waals surface area contributed by atoms with Gasteiger partial charge in [-0.05, 0) is 60.8 Å². The molecule has 2 rings (SSSR count). The van der Waals surface area contributed by atoms with Crippen molar-refractivity contribution >= 4 is 15.9 Å². The third kappa shape index (κ3) is 3.74. The van der Waals surface area contributed by atoms with Crippen LogP contribution in [0.1, 0.15) is 41.8 Å². The predicted octanol–water partition coefficient (Wildman–Crippen LogP) is 4.18. The summed E-state index contributed by atoms with van der Waals surface area (Å²) in [6.07, 6.45) is 3.96. The summed E-state index contributed by atoms with van der Waals surface area (Å²) < 4.78 is 3.19. The van der Waals surface area contributed by atoms with Crippen LogP contribution in [0.15, 0.2) is 28.9 Å². The fourth-order valence-electron chi connectivity index (χ4n) is 2.68. The number of nitrogens with one attached hydrogen (secondary N) is 1. The molecule has 4 heteroatoms. The van der Waals surface area contributed by atoms with Crippen LogP contribution in [0.2, 0.25) is 0 Å². The van der Waals surface area contributed by atoms with Gasteiger partial charge < -0.3 is 5.32 Å². The van der Waals surface area contributed by atoms with Crippen LogP contribution in [0.5, 0.6) is 0 Å². The van der Waals surface area contributed by atoms with E-state index in [1.165, 1.54) is 22.4 Å². The number of hydrogen-bond donors (Lipinski definition) is 1. The summed E-state index contributed by atoms with van der Waals surface area (Å²) in [6.45, 7) is 7.46. The predicted molar refractivity (Wildman–Crippen MR) is 91.6 cm³/mol. The van der Waals surface area contributed by atoms with Crippen molar-refractivity contribution in [3.8, 4) is 0 Å². The second kappa shape index (κ2) is 7.23. The lowest BCUT2D eigenvalue weighted by Gasteiger charge is -2.20. The Kier molecular flexibility index (Phi) is 5.59. The van der Waals surface area contributed by atoms with E-state index in [0.29, 0.717) is 0 Å². The van der Waals surface area contributed by atoms with E-state index in [-0.39, 0.29) is 6.04 Å². The van der Waals surface area contributed by atoms with Gasteiger partial charge in [0.2, 0.25) is 0 Å². The zero-order valence-corrected chi connectivity index (χ0v) is 14.9. The highest BCUT2D eigenvalue weighted by Crippen LogP contribution is 2.27. The van der Waals surface area contributed by atoms with Crippen molar-refractivity contribution in [1.82, 2.24) is 15.1 Å². The van der Waals surface area contributed by atoms with Crippen molar-refractivity contribution in [3.05, 3.63) is 51.3 Å². The number of halogens is 1. The number of aromatic nitrogens is 2. The molecule has 2 aromatic rings. The molecular formula is C17H24BrN3. The number of aryl methyl sites for hydroxylation is 3. The topological polar surface area (TPSA) is 29.9 Å². The molecule has 0 spiro atoms. The maximum atomic E-state index is 4.49. The lowest BCUT2D eigenvalue weighted by Crippen LogP contribution is -2.23. The molecule has 3 nitrogen and oxygen atoms in total. The molecule has 1 aromatic carbocycles. The first-order valence-corrected chi connectivity index (χ1v) is 8.30. The van der Waals surface area contributed by atoms with Gasteiger partial charge in [0.05, 0.1) is 22.4 Å². The van der Waals surface area contributed by atoms with Gasteiger partial charge in [-0.25, -0.2) is 0 Å². The molecule has 1 heterocycles. The second-order valence-corrected chi connectivity index (χ2v) is 6.43. The van der Waals surface area contributed by atoms with Crippen molar-refractivity contribution in [1.29, 1.82) is 0 Å². The summed E-state index contributed by atoms with van der Waals surface area (Å²) in [4.78, 5) is 0. The molecule has 1 unspecified atom stereocenters. The minimum absolute atomic E-state index is 0.258. The first-order chi connectivity index (χ1) is 10.1. The molecule has 21 heavy (non-hydrogen) atoms. The fourth-order valence-corrected chi connectivity index (χ4v) is 3.26. The molecule has 0 saturated heterocycles. The number of benzene rings is 1. The van der Waals surface area contributed by atoms with Crippen molar-refractivity contribution in [2.24, 2.45) is 0 Å². The third-order valence-electron chi connectivity index (χ3n) is 3.88. The molecule has 1 atom stereocenters. The average molecular weight is 350 g/mol. The maximum absolute atomic E-state index is 4.49. The smallest absolute Gasteiger partial charge is 0.0698 e. The Morgan fingerprint density at radius 3 is 2.76 bits per heavy atom. The lowest BCUT2D eigenvalue weighted by molar-refractivity contribution is 0.494. The Morgan fingerprint density at radius 1 is 1.33 bits per heavy atom. The van der Waals surface area contributed by atoms with Crippen LogP contribution < -0.4 is 5.32 Å². The van der Waals surface area contributed by atoms with Crippen LogP contribution in [-0.4, -0.2) is 16.8 Å². The highest BCUT2D eigenvalue weighted by atomic mass is 79.9. The summed E-state index contributed by atoms with van der Waals surface area (Å²) in [5, 5.41) is 7.93. The van der Waals surface area contributed by atoms with Crippen molar-refractivity contribution < 1.29 is 0 Å². The minimum atomic E-state index is 0.258. The van der Waals surface area contributed by atoms with Crippen molar-refractivity contribution in [2.75, 3.05) is 7.05 Å². The Balaban J connectivity index is 2.32. The molecule has 0 aliphatic rings. The van der Waals surface area contributed by atoms with Crippen LogP contribution in [0, 0.1) is 13.8 Å². The number of nitrogens with zero attached hydrogens (tertiary/aromatic N) is 2. The molecule has 0 saturated carbocycles. The first kappa shape index (κ1) is 16.2. The summed E-state index contributed by atoms with van der Waals surface area (Å²) in [5.41, 5.74) is 5.29. The number of likely N-dealkylation sites (N-methyl/N-ethyl adjacent to an activating group) is 1. The van der Waals surface area contributed by atoms with Gasteiger partial charge in [0, 0.05) is 6.54 Å². The Morgan fingerprint density at radius 2 is 2.10 bits per heavy atom. The number of hydrogen-bond acceptors (Lipinski definition) is 2. The largest absolute Gasteiger partial charge is 0.311 e. The van der Waals surface area contributed by atoms with Gasteiger partial charge >= 0.3 is 0 Å². The van der Waals surface area contributed by atoms with E-state index in [0.717, 1.165) is 23.9 Å². The minimum Gasteiger partial charge on any atom is -0.311 e. The molecule has 0 fully saturated rings. The maximum Gasteiger partial charge on any atom is 0.0698 e. The molecule has 0 aliphatic heterocycles. The first-order valence-electron chi connectivity index (χ1n) is 7.51. The van der Waals surface area contributed by atoms with Gasteiger partial charge in [0.25, 0.3) is 0 Å². The summed E-state index contributed by atoms with van der Waals surface area (Å²) >= 11 is 3.65. The Hall–Kier alpha value is -1.13. The van der Waals surface area contributed by atoms with E-state index in [1.54, 1.807) is 0 Å². The fraction of sp³-hybridized carbons (Fsp3) is 0.471. The highest BCUT2D eigenvalue weighted by Gasteiger charge is 2.19. The third-order valence-corrected chi connectivity index (χ3v) is 4.49. The van der Waals surface area contributed by atoms with Gasteiger partial charge in [-0.1, -0.05) is 30.7 Å². The van der Waals surface area contributed by atoms with E-state index in [1.807, 2.05) is 13.2 Å². The highest BCUT2D eigenvalue weighted by molar-refractivity contribution is 9.10. The van der Waals surface area contributed by atoms with Crippen molar-refractivity contribution in [3.63, 3.8) is 0 Å². The van der Waals surface area contributed by atoms with E-state index in [4.69, 9.17) is 0 Å².